The van der Waals surface area contributed by atoms with Gasteiger partial charge in [-0.05, 0) is 24.7 Å². The van der Waals surface area contributed by atoms with Crippen LogP contribution in [0.25, 0.3) is 11.1 Å². The molecule has 0 unspecified atom stereocenters. The van der Waals surface area contributed by atoms with Crippen molar-refractivity contribution in [3.8, 4) is 11.1 Å². The molecule has 0 aliphatic carbocycles. The van der Waals surface area contributed by atoms with Crippen molar-refractivity contribution in [1.82, 2.24) is 10.3 Å². The minimum Gasteiger partial charge on any atom is -0.316 e. The van der Waals surface area contributed by atoms with Gasteiger partial charge in [-0.2, -0.15) is 0 Å². The van der Waals surface area contributed by atoms with E-state index >= 15 is 0 Å². The molecule has 0 saturated heterocycles. The minimum atomic E-state index is -0.451. The van der Waals surface area contributed by atoms with Crippen molar-refractivity contribution >= 4 is 0 Å². The molecule has 4 heteroatoms. The SMILES string of the molecule is CNCc1ccc(-c2ccncc2F)cc1F. The molecule has 0 bridgehead atoms. The largest absolute Gasteiger partial charge is 0.316 e. The summed E-state index contributed by atoms with van der Waals surface area (Å²) in [5, 5.41) is 2.87. The van der Waals surface area contributed by atoms with Gasteiger partial charge in [-0.15, -0.1) is 0 Å². The second kappa shape index (κ2) is 5.01. The van der Waals surface area contributed by atoms with Gasteiger partial charge in [0.05, 0.1) is 6.20 Å². The molecule has 17 heavy (non-hydrogen) atoms. The van der Waals surface area contributed by atoms with Crippen molar-refractivity contribution < 1.29 is 8.78 Å². The fraction of sp³-hybridized carbons (Fsp3) is 0.154. The molecule has 1 heterocycles. The van der Waals surface area contributed by atoms with Gasteiger partial charge in [-0.25, -0.2) is 8.78 Å². The fourth-order valence-electron chi connectivity index (χ4n) is 1.66. The Kier molecular flexibility index (Phi) is 3.44. The third-order valence-electron chi connectivity index (χ3n) is 2.50. The van der Waals surface area contributed by atoms with E-state index in [2.05, 4.69) is 10.3 Å². The lowest BCUT2D eigenvalue weighted by molar-refractivity contribution is 0.600. The van der Waals surface area contributed by atoms with Gasteiger partial charge in [0.2, 0.25) is 0 Å². The first kappa shape index (κ1) is 11.7. The first-order valence-electron chi connectivity index (χ1n) is 5.25. The van der Waals surface area contributed by atoms with Gasteiger partial charge < -0.3 is 5.32 Å². The third kappa shape index (κ3) is 2.47. The lowest BCUT2D eigenvalue weighted by Gasteiger charge is -2.06. The Balaban J connectivity index is 2.41. The number of aromatic nitrogens is 1. The predicted octanol–water partition coefficient (Wildman–Crippen LogP) is 2.75. The van der Waals surface area contributed by atoms with Crippen LogP contribution in [0.4, 0.5) is 8.78 Å². The lowest BCUT2D eigenvalue weighted by Crippen LogP contribution is -2.06. The quantitative estimate of drug-likeness (QED) is 0.883. The van der Waals surface area contributed by atoms with Crippen LogP contribution in [0, 0.1) is 11.6 Å². The summed E-state index contributed by atoms with van der Waals surface area (Å²) >= 11 is 0. The Labute approximate surface area is 98.3 Å². The molecule has 0 fully saturated rings. The van der Waals surface area contributed by atoms with Gasteiger partial charge in [0, 0.05) is 23.9 Å². The summed E-state index contributed by atoms with van der Waals surface area (Å²) in [4.78, 5) is 3.66. The first-order valence-corrected chi connectivity index (χ1v) is 5.25. The number of nitrogens with one attached hydrogen (secondary N) is 1. The molecule has 0 aliphatic rings. The van der Waals surface area contributed by atoms with E-state index < -0.39 is 5.82 Å². The molecule has 1 N–H and O–H groups in total. The topological polar surface area (TPSA) is 24.9 Å². The van der Waals surface area contributed by atoms with Crippen LogP contribution in [-0.2, 0) is 6.54 Å². The van der Waals surface area contributed by atoms with Gasteiger partial charge in [0.15, 0.2) is 0 Å². The average molecular weight is 234 g/mol. The van der Waals surface area contributed by atoms with Crippen LogP contribution >= 0.6 is 0 Å². The monoisotopic (exact) mass is 234 g/mol. The minimum absolute atomic E-state index is 0.340. The molecule has 0 atom stereocenters. The van der Waals surface area contributed by atoms with Gasteiger partial charge in [-0.1, -0.05) is 12.1 Å². The molecule has 0 spiro atoms. The summed E-state index contributed by atoms with van der Waals surface area (Å²) in [6, 6.07) is 6.22. The van der Waals surface area contributed by atoms with Crippen LogP contribution in [-0.4, -0.2) is 12.0 Å². The molecule has 2 rings (SSSR count). The van der Waals surface area contributed by atoms with Crippen LogP contribution in [0.3, 0.4) is 0 Å². The van der Waals surface area contributed by atoms with E-state index in [-0.39, 0.29) is 5.82 Å². The van der Waals surface area contributed by atoms with Crippen molar-refractivity contribution in [3.05, 3.63) is 53.9 Å². The summed E-state index contributed by atoms with van der Waals surface area (Å²) in [6.45, 7) is 0.449. The maximum Gasteiger partial charge on any atom is 0.149 e. The zero-order valence-corrected chi connectivity index (χ0v) is 9.37. The van der Waals surface area contributed by atoms with Gasteiger partial charge >= 0.3 is 0 Å². The normalized spacial score (nSPS) is 10.5. The van der Waals surface area contributed by atoms with E-state index in [0.29, 0.717) is 23.2 Å². The molecule has 1 aromatic heterocycles. The number of pyridine rings is 1. The van der Waals surface area contributed by atoms with E-state index in [1.165, 1.54) is 18.3 Å². The van der Waals surface area contributed by atoms with Crippen molar-refractivity contribution in [2.45, 2.75) is 6.54 Å². The summed E-state index contributed by atoms with van der Waals surface area (Å²) < 4.78 is 27.1. The maximum absolute atomic E-state index is 13.7. The van der Waals surface area contributed by atoms with Crippen LogP contribution in [0.2, 0.25) is 0 Å². The zero-order chi connectivity index (χ0) is 12.3. The third-order valence-corrected chi connectivity index (χ3v) is 2.50. The summed E-state index contributed by atoms with van der Waals surface area (Å²) in [5.74, 6) is -0.790. The van der Waals surface area contributed by atoms with E-state index in [1.807, 2.05) is 0 Å². The molecule has 0 radical (unpaired) electrons. The highest BCUT2D eigenvalue weighted by molar-refractivity contribution is 5.63. The zero-order valence-electron chi connectivity index (χ0n) is 9.37. The van der Waals surface area contributed by atoms with Crippen molar-refractivity contribution in [2.24, 2.45) is 0 Å². The van der Waals surface area contributed by atoms with Crippen molar-refractivity contribution in [2.75, 3.05) is 7.05 Å². The molecular formula is C13H12F2N2. The van der Waals surface area contributed by atoms with E-state index in [9.17, 15) is 8.78 Å². The van der Waals surface area contributed by atoms with Crippen LogP contribution in [0.1, 0.15) is 5.56 Å². The highest BCUT2D eigenvalue weighted by Gasteiger charge is 2.08. The highest BCUT2D eigenvalue weighted by atomic mass is 19.1. The maximum atomic E-state index is 13.7. The second-order valence-electron chi connectivity index (χ2n) is 3.69. The van der Waals surface area contributed by atoms with Crippen molar-refractivity contribution in [3.63, 3.8) is 0 Å². The predicted molar refractivity (Wildman–Crippen MR) is 62.4 cm³/mol. The number of nitrogens with zero attached hydrogens (tertiary/aromatic N) is 1. The molecule has 1 aromatic carbocycles. The summed E-state index contributed by atoms with van der Waals surface area (Å²) in [7, 11) is 1.75. The lowest BCUT2D eigenvalue weighted by atomic mass is 10.0. The van der Waals surface area contributed by atoms with Gasteiger partial charge in [0.25, 0.3) is 0 Å². The Bertz CT molecular complexity index is 527. The summed E-state index contributed by atoms with van der Waals surface area (Å²) in [6.07, 6.45) is 2.60. The Morgan fingerprint density at radius 1 is 1.18 bits per heavy atom. The fourth-order valence-corrected chi connectivity index (χ4v) is 1.66. The van der Waals surface area contributed by atoms with E-state index in [0.717, 1.165) is 6.20 Å². The number of benzene rings is 1. The van der Waals surface area contributed by atoms with Gasteiger partial charge in [-0.3, -0.25) is 4.98 Å². The van der Waals surface area contributed by atoms with Crippen molar-refractivity contribution in [1.29, 1.82) is 0 Å². The van der Waals surface area contributed by atoms with Crippen LogP contribution < -0.4 is 5.32 Å². The highest BCUT2D eigenvalue weighted by Crippen LogP contribution is 2.23. The van der Waals surface area contributed by atoms with Gasteiger partial charge in [0.1, 0.15) is 11.6 Å². The molecule has 0 saturated carbocycles. The number of hydrogen-bond donors (Lipinski definition) is 1. The molecular weight excluding hydrogens is 222 g/mol. The molecule has 0 amide bonds. The Morgan fingerprint density at radius 3 is 2.65 bits per heavy atom. The van der Waals surface area contributed by atoms with Crippen LogP contribution in [0.5, 0.6) is 0 Å². The summed E-state index contributed by atoms with van der Waals surface area (Å²) in [5.41, 5.74) is 1.43. The standard InChI is InChI=1S/C13H12F2N2/c1-16-7-10-3-2-9(6-12(10)14)11-4-5-17-8-13(11)15/h2-6,8,16H,7H2,1H3. The smallest absolute Gasteiger partial charge is 0.149 e. The Morgan fingerprint density at radius 2 is 2.00 bits per heavy atom. The van der Waals surface area contributed by atoms with E-state index in [1.54, 1.807) is 19.2 Å². The molecule has 2 nitrogen and oxygen atoms in total. The number of rotatable bonds is 3. The molecule has 88 valence electrons. The molecule has 2 aromatic rings. The van der Waals surface area contributed by atoms with Crippen LogP contribution in [0.15, 0.2) is 36.7 Å². The number of halogens is 2. The first-order chi connectivity index (χ1) is 8.22. The Hall–Kier alpha value is -1.81. The molecule has 0 aliphatic heterocycles. The average Bonchev–Trinajstić information content (AvgIpc) is 2.33. The van der Waals surface area contributed by atoms with E-state index in [4.69, 9.17) is 0 Å². The second-order valence-corrected chi connectivity index (χ2v) is 3.69. The number of hydrogen-bond acceptors (Lipinski definition) is 2.